The highest BCUT2D eigenvalue weighted by Crippen LogP contribution is 2.34. The monoisotopic (exact) mass is 496 g/mol. The van der Waals surface area contributed by atoms with E-state index in [2.05, 4.69) is 17.0 Å². The van der Waals surface area contributed by atoms with Crippen LogP contribution in [-0.2, 0) is 11.3 Å². The quantitative estimate of drug-likeness (QED) is 0.287. The zero-order valence-electron chi connectivity index (χ0n) is 18.3. The molecule has 33 heavy (non-hydrogen) atoms. The smallest absolute Gasteiger partial charge is 0.263 e. The van der Waals surface area contributed by atoms with Crippen molar-refractivity contribution in [2.45, 2.75) is 18.6 Å². The maximum Gasteiger partial charge on any atom is 0.263 e. The summed E-state index contributed by atoms with van der Waals surface area (Å²) in [4.78, 5) is 37.0. The number of anilines is 1. The molecule has 0 bridgehead atoms. The van der Waals surface area contributed by atoms with Gasteiger partial charge in [-0.25, -0.2) is 4.98 Å². The largest absolute Gasteiger partial charge is 0.368 e. The summed E-state index contributed by atoms with van der Waals surface area (Å²) in [6, 6.07) is 14.3. The van der Waals surface area contributed by atoms with Crippen LogP contribution in [0.3, 0.4) is 0 Å². The minimum absolute atomic E-state index is 0.0291. The summed E-state index contributed by atoms with van der Waals surface area (Å²) in [5.41, 5.74) is 2.12. The summed E-state index contributed by atoms with van der Waals surface area (Å²) >= 11 is 4.47. The molecular weight excluding hydrogens is 472 g/mol. The van der Waals surface area contributed by atoms with Crippen molar-refractivity contribution in [3.8, 4) is 10.4 Å². The molecule has 170 valence electrons. The molecule has 4 heterocycles. The summed E-state index contributed by atoms with van der Waals surface area (Å²) in [7, 11) is 0. The van der Waals surface area contributed by atoms with Crippen LogP contribution >= 0.6 is 34.4 Å². The molecule has 1 aliphatic heterocycles. The van der Waals surface area contributed by atoms with Crippen molar-refractivity contribution in [2.24, 2.45) is 0 Å². The van der Waals surface area contributed by atoms with Crippen LogP contribution in [0.1, 0.15) is 6.92 Å². The Morgan fingerprint density at radius 2 is 1.85 bits per heavy atom. The zero-order valence-corrected chi connectivity index (χ0v) is 20.7. The fraction of sp³-hybridized carbons (Fsp3) is 0.292. The van der Waals surface area contributed by atoms with E-state index in [1.807, 2.05) is 52.9 Å². The molecule has 0 saturated carbocycles. The Hall–Kier alpha value is -2.62. The first kappa shape index (κ1) is 22.2. The molecule has 1 aromatic carbocycles. The van der Waals surface area contributed by atoms with Crippen LogP contribution in [-0.4, -0.2) is 52.3 Å². The molecule has 0 N–H and O–H groups in total. The highest BCUT2D eigenvalue weighted by molar-refractivity contribution is 7.99. The summed E-state index contributed by atoms with van der Waals surface area (Å²) in [6.07, 6.45) is 0. The highest BCUT2D eigenvalue weighted by Gasteiger charge is 2.23. The number of amides is 1. The van der Waals surface area contributed by atoms with E-state index in [4.69, 9.17) is 4.98 Å². The molecule has 5 rings (SSSR count). The molecule has 0 aliphatic carbocycles. The number of carbonyl (C=O) groups excluding carboxylic acids is 1. The fourth-order valence-electron chi connectivity index (χ4n) is 4.08. The van der Waals surface area contributed by atoms with Crippen molar-refractivity contribution in [1.29, 1.82) is 0 Å². The van der Waals surface area contributed by atoms with Gasteiger partial charge in [-0.3, -0.25) is 14.2 Å². The van der Waals surface area contributed by atoms with Crippen LogP contribution in [0.2, 0.25) is 0 Å². The van der Waals surface area contributed by atoms with Crippen molar-refractivity contribution >= 4 is 56.2 Å². The maximum absolute atomic E-state index is 13.3. The Balaban J connectivity index is 1.29. The predicted molar refractivity (Wildman–Crippen MR) is 139 cm³/mol. The van der Waals surface area contributed by atoms with E-state index >= 15 is 0 Å². The molecule has 0 atom stereocenters. The van der Waals surface area contributed by atoms with Gasteiger partial charge in [0.05, 0.1) is 11.1 Å². The molecule has 6 nitrogen and oxygen atoms in total. The number of carbonyl (C=O) groups is 1. The van der Waals surface area contributed by atoms with Crippen LogP contribution < -0.4 is 10.5 Å². The third kappa shape index (κ3) is 4.45. The second-order valence-electron chi connectivity index (χ2n) is 7.74. The van der Waals surface area contributed by atoms with Crippen molar-refractivity contribution in [3.63, 3.8) is 0 Å². The number of nitrogens with zero attached hydrogens (tertiary/aromatic N) is 4. The molecule has 0 spiro atoms. The minimum atomic E-state index is -0.0291. The Labute approximate surface area is 204 Å². The standard InChI is InChI=1S/C24H24N4O2S3/c1-2-28-23(30)21-18(19-9-6-14-31-19)15-32-22(21)25-24(28)33-16-20(29)27-12-10-26(11-13-27)17-7-4-3-5-8-17/h3-9,14-15H,2,10-13,16H2,1H3. The van der Waals surface area contributed by atoms with Gasteiger partial charge in [0.2, 0.25) is 5.91 Å². The number of hydrogen-bond acceptors (Lipinski definition) is 7. The molecule has 1 fully saturated rings. The molecule has 1 amide bonds. The van der Waals surface area contributed by atoms with E-state index in [-0.39, 0.29) is 17.2 Å². The molecular formula is C24H24N4O2S3. The second-order valence-corrected chi connectivity index (χ2v) is 10.5. The summed E-state index contributed by atoms with van der Waals surface area (Å²) in [6.45, 7) is 5.53. The number of piperazine rings is 1. The Morgan fingerprint density at radius 1 is 1.06 bits per heavy atom. The summed E-state index contributed by atoms with van der Waals surface area (Å²) in [5, 5.41) is 5.32. The Morgan fingerprint density at radius 3 is 2.55 bits per heavy atom. The number of fused-ring (bicyclic) bond motifs is 1. The zero-order chi connectivity index (χ0) is 22.8. The SMILES string of the molecule is CCn1c(SCC(=O)N2CCN(c3ccccc3)CC2)nc2scc(-c3cccs3)c2c1=O. The first-order valence-electron chi connectivity index (χ1n) is 10.9. The van der Waals surface area contributed by atoms with E-state index in [1.165, 1.54) is 28.8 Å². The normalized spacial score (nSPS) is 14.2. The molecule has 0 radical (unpaired) electrons. The van der Waals surface area contributed by atoms with E-state index in [0.29, 0.717) is 30.2 Å². The van der Waals surface area contributed by atoms with Crippen LogP contribution in [0.25, 0.3) is 20.7 Å². The van der Waals surface area contributed by atoms with Gasteiger partial charge in [-0.15, -0.1) is 22.7 Å². The third-order valence-corrected chi connectivity index (χ3v) is 8.58. The maximum atomic E-state index is 13.3. The average Bonchev–Trinajstić information content (AvgIpc) is 3.53. The van der Waals surface area contributed by atoms with E-state index in [9.17, 15) is 9.59 Å². The van der Waals surface area contributed by atoms with Gasteiger partial charge >= 0.3 is 0 Å². The van der Waals surface area contributed by atoms with Gasteiger partial charge in [-0.1, -0.05) is 36.0 Å². The average molecular weight is 497 g/mol. The predicted octanol–water partition coefficient (Wildman–Crippen LogP) is 4.65. The lowest BCUT2D eigenvalue weighted by atomic mass is 10.2. The van der Waals surface area contributed by atoms with Crippen molar-refractivity contribution < 1.29 is 4.79 Å². The molecule has 3 aromatic heterocycles. The number of benzene rings is 1. The molecule has 1 saturated heterocycles. The number of hydrogen-bond donors (Lipinski definition) is 0. The van der Waals surface area contributed by atoms with Gasteiger partial charge in [0.15, 0.2) is 5.16 Å². The second kappa shape index (κ2) is 9.70. The lowest BCUT2D eigenvalue weighted by Gasteiger charge is -2.36. The van der Waals surface area contributed by atoms with E-state index in [1.54, 1.807) is 15.9 Å². The van der Waals surface area contributed by atoms with Gasteiger partial charge in [0, 0.05) is 54.2 Å². The third-order valence-electron chi connectivity index (χ3n) is 5.84. The summed E-state index contributed by atoms with van der Waals surface area (Å²) in [5.74, 6) is 0.377. The lowest BCUT2D eigenvalue weighted by Crippen LogP contribution is -2.49. The molecule has 4 aromatic rings. The minimum Gasteiger partial charge on any atom is -0.368 e. The first-order chi connectivity index (χ1) is 16.2. The summed E-state index contributed by atoms with van der Waals surface area (Å²) < 4.78 is 1.69. The van der Waals surface area contributed by atoms with E-state index in [0.717, 1.165) is 28.4 Å². The number of thioether (sulfide) groups is 1. The number of aromatic nitrogens is 2. The van der Waals surface area contributed by atoms with Gasteiger partial charge in [-0.2, -0.15) is 0 Å². The van der Waals surface area contributed by atoms with E-state index < -0.39 is 0 Å². The first-order valence-corrected chi connectivity index (χ1v) is 13.7. The van der Waals surface area contributed by atoms with Crippen molar-refractivity contribution in [2.75, 3.05) is 36.8 Å². The van der Waals surface area contributed by atoms with Gasteiger partial charge < -0.3 is 9.80 Å². The number of rotatable bonds is 6. The van der Waals surface area contributed by atoms with Crippen molar-refractivity contribution in [3.05, 3.63) is 63.6 Å². The number of thiophene rings is 2. The van der Waals surface area contributed by atoms with Crippen LogP contribution in [0.15, 0.2) is 63.2 Å². The Kier molecular flexibility index (Phi) is 6.52. The van der Waals surface area contributed by atoms with Crippen LogP contribution in [0, 0.1) is 0 Å². The Bertz CT molecular complexity index is 1310. The number of para-hydroxylation sites is 1. The van der Waals surface area contributed by atoms with Gasteiger partial charge in [-0.05, 0) is 30.5 Å². The molecule has 1 aliphatic rings. The topological polar surface area (TPSA) is 58.4 Å². The van der Waals surface area contributed by atoms with Crippen LogP contribution in [0.5, 0.6) is 0 Å². The van der Waals surface area contributed by atoms with Crippen LogP contribution in [0.4, 0.5) is 5.69 Å². The highest BCUT2D eigenvalue weighted by atomic mass is 32.2. The van der Waals surface area contributed by atoms with Crippen molar-refractivity contribution in [1.82, 2.24) is 14.5 Å². The molecule has 9 heteroatoms. The lowest BCUT2D eigenvalue weighted by molar-refractivity contribution is -0.128. The molecule has 0 unspecified atom stereocenters. The van der Waals surface area contributed by atoms with Gasteiger partial charge in [0.1, 0.15) is 4.83 Å². The fourth-order valence-corrected chi connectivity index (χ4v) is 6.85. The van der Waals surface area contributed by atoms with Gasteiger partial charge in [0.25, 0.3) is 5.56 Å².